The van der Waals surface area contributed by atoms with Crippen LogP contribution in [0.1, 0.15) is 29.8 Å². The number of amides is 1. The van der Waals surface area contributed by atoms with E-state index in [2.05, 4.69) is 36.3 Å². The van der Waals surface area contributed by atoms with E-state index in [0.29, 0.717) is 11.0 Å². The molecule has 0 aliphatic carbocycles. The molecule has 28 heavy (non-hydrogen) atoms. The van der Waals surface area contributed by atoms with Crippen molar-refractivity contribution in [1.82, 2.24) is 4.98 Å². The summed E-state index contributed by atoms with van der Waals surface area (Å²) >= 11 is 7.18. The number of rotatable bonds is 6. The second kappa shape index (κ2) is 8.50. The van der Waals surface area contributed by atoms with Crippen molar-refractivity contribution in [3.8, 4) is 11.3 Å². The number of nitro benzene ring substituents is 1. The van der Waals surface area contributed by atoms with Gasteiger partial charge in [0.25, 0.3) is 11.6 Å². The highest BCUT2D eigenvalue weighted by Gasteiger charge is 2.16. The Morgan fingerprint density at radius 3 is 2.57 bits per heavy atom. The number of carbonyl (C=O) groups excluding carboxylic acids is 1. The number of nitrogens with zero attached hydrogens (tertiary/aromatic N) is 2. The van der Waals surface area contributed by atoms with Crippen LogP contribution in [0.3, 0.4) is 0 Å². The van der Waals surface area contributed by atoms with Gasteiger partial charge < -0.3 is 0 Å². The Bertz CT molecular complexity index is 1020. The summed E-state index contributed by atoms with van der Waals surface area (Å²) in [5.41, 5.74) is 3.01. The van der Waals surface area contributed by atoms with E-state index in [0.717, 1.165) is 17.7 Å². The van der Waals surface area contributed by atoms with Crippen molar-refractivity contribution in [3.63, 3.8) is 0 Å². The lowest BCUT2D eigenvalue weighted by molar-refractivity contribution is -0.384. The SMILES string of the molecule is CC(C)Cc1ccc(-c2csc(NC(=O)c3ccc([N+](=O)[O-])c(Cl)c3)n2)cc1. The van der Waals surface area contributed by atoms with Gasteiger partial charge in [0.15, 0.2) is 5.13 Å². The van der Waals surface area contributed by atoms with Gasteiger partial charge >= 0.3 is 0 Å². The lowest BCUT2D eigenvalue weighted by Gasteiger charge is -2.05. The van der Waals surface area contributed by atoms with Crippen LogP contribution in [-0.4, -0.2) is 15.8 Å². The average Bonchev–Trinajstić information content (AvgIpc) is 3.10. The standard InChI is InChI=1S/C20H18ClN3O3S/c1-12(2)9-13-3-5-14(6-4-13)17-11-28-20(22-17)23-19(25)15-7-8-18(24(26)27)16(21)10-15/h3-8,10-12H,9H2,1-2H3,(H,22,23,25). The van der Waals surface area contributed by atoms with E-state index in [1.165, 1.54) is 35.1 Å². The van der Waals surface area contributed by atoms with Crippen molar-refractivity contribution < 1.29 is 9.72 Å². The Morgan fingerprint density at radius 1 is 1.25 bits per heavy atom. The quantitative estimate of drug-likeness (QED) is 0.405. The molecule has 0 aliphatic heterocycles. The van der Waals surface area contributed by atoms with Gasteiger partial charge in [-0.25, -0.2) is 4.98 Å². The van der Waals surface area contributed by atoms with Crippen LogP contribution in [0.15, 0.2) is 47.8 Å². The molecule has 0 bridgehead atoms. The lowest BCUT2D eigenvalue weighted by Crippen LogP contribution is -2.11. The molecule has 0 aliphatic rings. The highest BCUT2D eigenvalue weighted by atomic mass is 35.5. The number of hydrogen-bond donors (Lipinski definition) is 1. The van der Waals surface area contributed by atoms with Crippen molar-refractivity contribution in [2.45, 2.75) is 20.3 Å². The van der Waals surface area contributed by atoms with Gasteiger partial charge in [-0.05, 0) is 30.0 Å². The third-order valence-corrected chi connectivity index (χ3v) is 5.09. The molecule has 1 heterocycles. The van der Waals surface area contributed by atoms with Crippen LogP contribution in [0.2, 0.25) is 5.02 Å². The Morgan fingerprint density at radius 2 is 1.96 bits per heavy atom. The fourth-order valence-corrected chi connectivity index (χ4v) is 3.68. The normalized spacial score (nSPS) is 10.9. The molecule has 0 atom stereocenters. The van der Waals surface area contributed by atoms with E-state index in [4.69, 9.17) is 11.6 Å². The topological polar surface area (TPSA) is 85.1 Å². The fourth-order valence-electron chi connectivity index (χ4n) is 2.71. The molecule has 1 N–H and O–H groups in total. The number of carbonyl (C=O) groups is 1. The number of thiazole rings is 1. The third-order valence-electron chi connectivity index (χ3n) is 4.02. The van der Waals surface area contributed by atoms with Gasteiger partial charge in [0.1, 0.15) is 5.02 Å². The maximum absolute atomic E-state index is 12.4. The van der Waals surface area contributed by atoms with E-state index in [-0.39, 0.29) is 16.3 Å². The molecule has 1 amide bonds. The Labute approximate surface area is 171 Å². The van der Waals surface area contributed by atoms with Crippen LogP contribution in [0.25, 0.3) is 11.3 Å². The van der Waals surface area contributed by atoms with Crippen molar-refractivity contribution >= 4 is 39.7 Å². The van der Waals surface area contributed by atoms with Gasteiger partial charge in [-0.15, -0.1) is 11.3 Å². The van der Waals surface area contributed by atoms with Gasteiger partial charge in [-0.1, -0.05) is 49.7 Å². The minimum atomic E-state index is -0.594. The van der Waals surface area contributed by atoms with Crippen LogP contribution in [0, 0.1) is 16.0 Å². The average molecular weight is 416 g/mol. The first-order valence-corrected chi connectivity index (χ1v) is 9.89. The molecule has 144 valence electrons. The Hall–Kier alpha value is -2.77. The highest BCUT2D eigenvalue weighted by molar-refractivity contribution is 7.14. The van der Waals surface area contributed by atoms with Crippen LogP contribution in [0.4, 0.5) is 10.8 Å². The summed E-state index contributed by atoms with van der Waals surface area (Å²) in [6.07, 6.45) is 1.02. The van der Waals surface area contributed by atoms with Gasteiger partial charge in [0.2, 0.25) is 0 Å². The summed E-state index contributed by atoms with van der Waals surface area (Å²) in [6.45, 7) is 4.36. The third kappa shape index (κ3) is 4.74. The van der Waals surface area contributed by atoms with Crippen LogP contribution >= 0.6 is 22.9 Å². The van der Waals surface area contributed by atoms with Gasteiger partial charge in [0, 0.05) is 22.6 Å². The molecule has 2 aromatic carbocycles. The fraction of sp³-hybridized carbons (Fsp3) is 0.200. The zero-order valence-corrected chi connectivity index (χ0v) is 16.9. The van der Waals surface area contributed by atoms with Gasteiger partial charge in [-0.2, -0.15) is 0 Å². The second-order valence-electron chi connectivity index (χ2n) is 6.71. The first-order valence-electron chi connectivity index (χ1n) is 8.63. The van der Waals surface area contributed by atoms with Crippen LogP contribution in [-0.2, 0) is 6.42 Å². The molecule has 0 unspecified atom stereocenters. The van der Waals surface area contributed by atoms with Crippen molar-refractivity contribution in [2.75, 3.05) is 5.32 Å². The number of halogens is 1. The van der Waals surface area contributed by atoms with E-state index in [9.17, 15) is 14.9 Å². The van der Waals surface area contributed by atoms with Crippen molar-refractivity contribution in [2.24, 2.45) is 5.92 Å². The Kier molecular flexibility index (Phi) is 6.06. The highest BCUT2D eigenvalue weighted by Crippen LogP contribution is 2.28. The number of anilines is 1. The molecule has 3 aromatic rings. The minimum absolute atomic E-state index is 0.0843. The predicted molar refractivity (Wildman–Crippen MR) is 112 cm³/mol. The molecule has 0 saturated heterocycles. The number of aromatic nitrogens is 1. The molecule has 6 nitrogen and oxygen atoms in total. The van der Waals surface area contributed by atoms with E-state index in [1.807, 2.05) is 17.5 Å². The van der Waals surface area contributed by atoms with E-state index < -0.39 is 10.8 Å². The predicted octanol–water partition coefficient (Wildman–Crippen LogP) is 5.82. The Balaban J connectivity index is 1.71. The van der Waals surface area contributed by atoms with E-state index >= 15 is 0 Å². The van der Waals surface area contributed by atoms with Gasteiger partial charge in [0.05, 0.1) is 10.6 Å². The van der Waals surface area contributed by atoms with Crippen molar-refractivity contribution in [1.29, 1.82) is 0 Å². The number of nitrogens with one attached hydrogen (secondary N) is 1. The largest absolute Gasteiger partial charge is 0.298 e. The molecule has 0 fully saturated rings. The molecular formula is C20H18ClN3O3S. The summed E-state index contributed by atoms with van der Waals surface area (Å²) in [4.78, 5) is 27.0. The minimum Gasteiger partial charge on any atom is -0.298 e. The molecule has 0 spiro atoms. The number of nitro groups is 1. The maximum Gasteiger partial charge on any atom is 0.287 e. The molecule has 1 aromatic heterocycles. The summed E-state index contributed by atoms with van der Waals surface area (Å²) in [5.74, 6) is 0.171. The zero-order chi connectivity index (χ0) is 20.3. The monoisotopic (exact) mass is 415 g/mol. The smallest absolute Gasteiger partial charge is 0.287 e. The van der Waals surface area contributed by atoms with Gasteiger partial charge in [-0.3, -0.25) is 20.2 Å². The zero-order valence-electron chi connectivity index (χ0n) is 15.3. The first-order chi connectivity index (χ1) is 13.3. The van der Waals surface area contributed by atoms with Crippen molar-refractivity contribution in [3.05, 3.63) is 74.1 Å². The summed E-state index contributed by atoms with van der Waals surface area (Å²) in [6, 6.07) is 12.1. The molecular weight excluding hydrogens is 398 g/mol. The summed E-state index contributed by atoms with van der Waals surface area (Å²) in [5, 5.41) is 15.8. The lowest BCUT2D eigenvalue weighted by atomic mass is 10.0. The molecule has 3 rings (SSSR count). The summed E-state index contributed by atoms with van der Waals surface area (Å²) < 4.78 is 0. The molecule has 0 saturated carbocycles. The van der Waals surface area contributed by atoms with Crippen LogP contribution in [0.5, 0.6) is 0 Å². The second-order valence-corrected chi connectivity index (χ2v) is 7.98. The number of hydrogen-bond acceptors (Lipinski definition) is 5. The van der Waals surface area contributed by atoms with E-state index in [1.54, 1.807) is 0 Å². The maximum atomic E-state index is 12.4. The molecule has 8 heteroatoms. The number of benzene rings is 2. The van der Waals surface area contributed by atoms with Crippen LogP contribution < -0.4 is 5.32 Å². The molecule has 0 radical (unpaired) electrons. The first kappa shape index (κ1) is 20.0. The summed E-state index contributed by atoms with van der Waals surface area (Å²) in [7, 11) is 0.